The molecule has 0 spiro atoms. The Bertz CT molecular complexity index is 474. The van der Waals surface area contributed by atoms with Crippen LogP contribution in [0.25, 0.3) is 0 Å². The van der Waals surface area contributed by atoms with Gasteiger partial charge < -0.3 is 9.84 Å². The molecule has 17 heavy (non-hydrogen) atoms. The Labute approximate surface area is 100 Å². The Morgan fingerprint density at radius 2 is 2.24 bits per heavy atom. The molecule has 0 radical (unpaired) electrons. The van der Waals surface area contributed by atoms with Gasteiger partial charge >= 0.3 is 0 Å². The van der Waals surface area contributed by atoms with E-state index in [0.29, 0.717) is 19.1 Å². The maximum Gasteiger partial charge on any atom is 0.150 e. The Morgan fingerprint density at radius 1 is 1.41 bits per heavy atom. The van der Waals surface area contributed by atoms with Gasteiger partial charge in [0.2, 0.25) is 0 Å². The van der Waals surface area contributed by atoms with E-state index in [1.54, 1.807) is 6.33 Å². The highest BCUT2D eigenvalue weighted by Gasteiger charge is 2.07. The topological polar surface area (TPSA) is 68.8 Å². The van der Waals surface area contributed by atoms with Crippen LogP contribution in [0.5, 0.6) is 0 Å². The van der Waals surface area contributed by atoms with Gasteiger partial charge in [-0.15, -0.1) is 0 Å². The van der Waals surface area contributed by atoms with Crippen LogP contribution in [0.1, 0.15) is 37.2 Å². The van der Waals surface area contributed by atoms with Gasteiger partial charge in [-0.2, -0.15) is 5.10 Å². The van der Waals surface area contributed by atoms with Gasteiger partial charge in [0.25, 0.3) is 0 Å². The molecule has 2 rings (SSSR count). The lowest BCUT2D eigenvalue weighted by atomic mass is 10.3. The van der Waals surface area contributed by atoms with E-state index in [0.717, 1.165) is 17.3 Å². The zero-order valence-corrected chi connectivity index (χ0v) is 10.3. The molecule has 0 fully saturated rings. The van der Waals surface area contributed by atoms with Gasteiger partial charge in [-0.05, 0) is 20.8 Å². The largest absolute Gasteiger partial charge is 0.360 e. The molecule has 0 aliphatic heterocycles. The van der Waals surface area contributed by atoms with E-state index in [9.17, 15) is 0 Å². The summed E-state index contributed by atoms with van der Waals surface area (Å²) >= 11 is 0. The van der Waals surface area contributed by atoms with Crippen molar-refractivity contribution in [1.82, 2.24) is 25.2 Å². The maximum absolute atomic E-state index is 5.11. The van der Waals surface area contributed by atoms with Gasteiger partial charge in [-0.25, -0.2) is 9.67 Å². The molecule has 0 aromatic carbocycles. The second-order valence-corrected chi connectivity index (χ2v) is 4.25. The quantitative estimate of drug-likeness (QED) is 0.849. The van der Waals surface area contributed by atoms with Gasteiger partial charge in [0, 0.05) is 12.1 Å². The summed E-state index contributed by atoms with van der Waals surface area (Å²) in [5.74, 6) is 1.76. The van der Waals surface area contributed by atoms with Crippen molar-refractivity contribution in [3.8, 4) is 0 Å². The minimum absolute atomic E-state index is 0.321. The molecule has 0 aliphatic rings. The highest BCUT2D eigenvalue weighted by atomic mass is 16.5. The summed E-state index contributed by atoms with van der Waals surface area (Å²) in [6, 6.07) is 2.24. The molecule has 92 valence electrons. The van der Waals surface area contributed by atoms with Crippen LogP contribution in [0.15, 0.2) is 16.9 Å². The summed E-state index contributed by atoms with van der Waals surface area (Å²) < 4.78 is 7.01. The van der Waals surface area contributed by atoms with Crippen molar-refractivity contribution in [2.24, 2.45) is 0 Å². The Kier molecular flexibility index (Phi) is 3.53. The van der Waals surface area contributed by atoms with Crippen LogP contribution in [-0.2, 0) is 13.1 Å². The van der Waals surface area contributed by atoms with Crippen molar-refractivity contribution in [1.29, 1.82) is 0 Å². The van der Waals surface area contributed by atoms with Crippen molar-refractivity contribution < 1.29 is 4.52 Å². The highest BCUT2D eigenvalue weighted by molar-refractivity contribution is 5.02. The smallest absolute Gasteiger partial charge is 0.150 e. The van der Waals surface area contributed by atoms with Gasteiger partial charge in [0.1, 0.15) is 12.2 Å². The Balaban J connectivity index is 1.88. The molecule has 0 atom stereocenters. The Hall–Kier alpha value is -1.69. The molecule has 0 amide bonds. The SMILES string of the molecule is Cc1cc(CNCc2ncnn2C(C)C)on1. The number of aryl methyl sites for hydroxylation is 1. The van der Waals surface area contributed by atoms with E-state index in [2.05, 4.69) is 34.4 Å². The predicted molar refractivity (Wildman–Crippen MR) is 62.2 cm³/mol. The molecular formula is C11H17N5O. The van der Waals surface area contributed by atoms with Crippen LogP contribution in [-0.4, -0.2) is 19.9 Å². The van der Waals surface area contributed by atoms with Gasteiger partial charge in [0.05, 0.1) is 18.8 Å². The molecule has 0 aliphatic carbocycles. The fraction of sp³-hybridized carbons (Fsp3) is 0.545. The molecule has 0 bridgehead atoms. The molecule has 1 N–H and O–H groups in total. The van der Waals surface area contributed by atoms with Crippen LogP contribution in [0, 0.1) is 6.92 Å². The van der Waals surface area contributed by atoms with E-state index in [1.165, 1.54) is 0 Å². The number of hydrogen-bond donors (Lipinski definition) is 1. The molecule has 2 aromatic heterocycles. The number of hydrogen-bond acceptors (Lipinski definition) is 5. The number of aromatic nitrogens is 4. The third-order valence-electron chi connectivity index (χ3n) is 2.40. The summed E-state index contributed by atoms with van der Waals surface area (Å²) in [5, 5.41) is 11.3. The zero-order valence-electron chi connectivity index (χ0n) is 10.3. The van der Waals surface area contributed by atoms with E-state index in [4.69, 9.17) is 4.52 Å². The lowest BCUT2D eigenvalue weighted by Crippen LogP contribution is -2.18. The summed E-state index contributed by atoms with van der Waals surface area (Å²) in [6.07, 6.45) is 1.58. The molecule has 0 saturated carbocycles. The third kappa shape index (κ3) is 2.91. The van der Waals surface area contributed by atoms with E-state index in [-0.39, 0.29) is 0 Å². The minimum atomic E-state index is 0.321. The fourth-order valence-corrected chi connectivity index (χ4v) is 1.63. The molecule has 2 heterocycles. The monoisotopic (exact) mass is 235 g/mol. The average Bonchev–Trinajstić information content (AvgIpc) is 2.87. The van der Waals surface area contributed by atoms with Gasteiger partial charge in [0.15, 0.2) is 5.76 Å². The first-order chi connectivity index (χ1) is 8.16. The second-order valence-electron chi connectivity index (χ2n) is 4.25. The van der Waals surface area contributed by atoms with E-state index in [1.807, 2.05) is 17.7 Å². The van der Waals surface area contributed by atoms with Gasteiger partial charge in [-0.1, -0.05) is 5.16 Å². The van der Waals surface area contributed by atoms with E-state index >= 15 is 0 Å². The van der Waals surface area contributed by atoms with Crippen LogP contribution < -0.4 is 5.32 Å². The van der Waals surface area contributed by atoms with Crippen molar-refractivity contribution in [3.05, 3.63) is 29.7 Å². The highest BCUT2D eigenvalue weighted by Crippen LogP contribution is 2.05. The first kappa shape index (κ1) is 11.8. The van der Waals surface area contributed by atoms with Crippen LogP contribution >= 0.6 is 0 Å². The van der Waals surface area contributed by atoms with Gasteiger partial charge in [-0.3, -0.25) is 0 Å². The van der Waals surface area contributed by atoms with E-state index < -0.39 is 0 Å². The molecule has 0 unspecified atom stereocenters. The average molecular weight is 235 g/mol. The minimum Gasteiger partial charge on any atom is -0.360 e. The lowest BCUT2D eigenvalue weighted by Gasteiger charge is -2.09. The van der Waals surface area contributed by atoms with Crippen LogP contribution in [0.2, 0.25) is 0 Å². The summed E-state index contributed by atoms with van der Waals surface area (Å²) in [7, 11) is 0. The number of nitrogens with zero attached hydrogens (tertiary/aromatic N) is 4. The lowest BCUT2D eigenvalue weighted by molar-refractivity contribution is 0.367. The molecule has 6 heteroatoms. The molecule has 0 saturated heterocycles. The standard InChI is InChI=1S/C11H17N5O/c1-8(2)16-11(13-7-14-16)6-12-5-10-4-9(3)15-17-10/h4,7-8,12H,5-6H2,1-3H3. The molecule has 2 aromatic rings. The first-order valence-electron chi connectivity index (χ1n) is 5.68. The summed E-state index contributed by atoms with van der Waals surface area (Å²) in [5.41, 5.74) is 0.896. The number of rotatable bonds is 5. The van der Waals surface area contributed by atoms with Crippen molar-refractivity contribution in [2.75, 3.05) is 0 Å². The number of nitrogens with one attached hydrogen (secondary N) is 1. The Morgan fingerprint density at radius 3 is 2.88 bits per heavy atom. The second kappa shape index (κ2) is 5.09. The van der Waals surface area contributed by atoms with Crippen molar-refractivity contribution in [3.63, 3.8) is 0 Å². The maximum atomic E-state index is 5.11. The van der Waals surface area contributed by atoms with Crippen LogP contribution in [0.3, 0.4) is 0 Å². The first-order valence-corrected chi connectivity index (χ1v) is 5.68. The third-order valence-corrected chi connectivity index (χ3v) is 2.40. The molecular weight excluding hydrogens is 218 g/mol. The normalized spacial score (nSPS) is 11.3. The summed E-state index contributed by atoms with van der Waals surface area (Å²) in [6.45, 7) is 7.38. The zero-order chi connectivity index (χ0) is 12.3. The molecule has 6 nitrogen and oxygen atoms in total. The summed E-state index contributed by atoms with van der Waals surface area (Å²) in [4.78, 5) is 4.22. The van der Waals surface area contributed by atoms with Crippen molar-refractivity contribution in [2.45, 2.75) is 39.9 Å². The van der Waals surface area contributed by atoms with Crippen molar-refractivity contribution >= 4 is 0 Å². The fourth-order valence-electron chi connectivity index (χ4n) is 1.63. The van der Waals surface area contributed by atoms with Crippen LogP contribution in [0.4, 0.5) is 0 Å². The predicted octanol–water partition coefficient (Wildman–Crippen LogP) is 1.45.